The number of hydrogen-bond acceptors (Lipinski definition) is 5. The number of nitro benzene ring substituents is 2. The van der Waals surface area contributed by atoms with Crippen molar-refractivity contribution < 1.29 is 9.85 Å². The van der Waals surface area contributed by atoms with E-state index in [0.29, 0.717) is 0 Å². The van der Waals surface area contributed by atoms with Crippen molar-refractivity contribution in [3.8, 4) is 0 Å². The lowest BCUT2D eigenvalue weighted by Gasteiger charge is -1.90. The quantitative estimate of drug-likeness (QED) is 0.554. The van der Waals surface area contributed by atoms with Gasteiger partial charge in [-0.15, -0.1) is 0 Å². The lowest BCUT2D eigenvalue weighted by atomic mass is 10.3. The molecule has 1 rings (SSSR count). The normalized spacial score (nSPS) is 8.62. The van der Waals surface area contributed by atoms with Gasteiger partial charge in [-0.25, -0.2) is 0 Å². The molecule has 0 aliphatic rings. The van der Waals surface area contributed by atoms with E-state index in [2.05, 4.69) is 0 Å². The van der Waals surface area contributed by atoms with Crippen molar-refractivity contribution in [2.75, 3.05) is 0 Å². The van der Waals surface area contributed by atoms with E-state index < -0.39 is 9.85 Å². The molecular weight excluding hydrogens is 178 g/mol. The Bertz CT molecular complexity index is 309. The summed E-state index contributed by atoms with van der Waals surface area (Å²) in [7, 11) is 0. The molecule has 0 aliphatic carbocycles. The van der Waals surface area contributed by atoms with Crippen LogP contribution >= 0.6 is 0 Å². The molecule has 0 heterocycles. The van der Waals surface area contributed by atoms with Gasteiger partial charge in [-0.3, -0.25) is 20.2 Å². The first-order valence-electron chi connectivity index (χ1n) is 3.00. The Balaban J connectivity index is 0.00000144. The van der Waals surface area contributed by atoms with Crippen LogP contribution in [-0.2, 0) is 0 Å². The third kappa shape index (κ3) is 2.49. The van der Waals surface area contributed by atoms with Gasteiger partial charge in [0.2, 0.25) is 0 Å². The number of hydrogen-bond donors (Lipinski definition) is 1. The highest BCUT2D eigenvalue weighted by Gasteiger charge is 2.11. The van der Waals surface area contributed by atoms with Gasteiger partial charge in [-0.05, 0) is 6.07 Å². The molecule has 1 aromatic rings. The van der Waals surface area contributed by atoms with Crippen LogP contribution in [0.25, 0.3) is 0 Å². The monoisotopic (exact) mass is 185 g/mol. The average molecular weight is 185 g/mol. The molecule has 0 spiro atoms. The highest BCUT2D eigenvalue weighted by Crippen LogP contribution is 2.18. The number of nitrogens with zero attached hydrogens (tertiary/aromatic N) is 2. The summed E-state index contributed by atoms with van der Waals surface area (Å²) in [5.41, 5.74) is -0.548. The zero-order valence-electron chi connectivity index (χ0n) is 6.54. The highest BCUT2D eigenvalue weighted by atomic mass is 16.6. The van der Waals surface area contributed by atoms with Crippen LogP contribution in [0, 0.1) is 20.2 Å². The Kier molecular flexibility index (Phi) is 3.48. The predicted octanol–water partition coefficient (Wildman–Crippen LogP) is 1.66. The van der Waals surface area contributed by atoms with E-state index in [1.807, 2.05) is 0 Å². The van der Waals surface area contributed by atoms with Crippen molar-refractivity contribution in [3.63, 3.8) is 0 Å². The Morgan fingerprint density at radius 2 is 1.38 bits per heavy atom. The molecule has 0 fully saturated rings. The average Bonchev–Trinajstić information content (AvgIpc) is 2.04. The van der Waals surface area contributed by atoms with Gasteiger partial charge in [0.1, 0.15) is 0 Å². The third-order valence-corrected chi connectivity index (χ3v) is 1.25. The Labute approximate surface area is 72.9 Å². The molecule has 3 N–H and O–H groups in total. The third-order valence-electron chi connectivity index (χ3n) is 1.25. The fourth-order valence-corrected chi connectivity index (χ4v) is 0.720. The summed E-state index contributed by atoms with van der Waals surface area (Å²) in [5, 5.41) is 20.3. The zero-order valence-corrected chi connectivity index (χ0v) is 6.54. The number of rotatable bonds is 2. The van der Waals surface area contributed by atoms with Gasteiger partial charge in [0.25, 0.3) is 11.4 Å². The Morgan fingerprint density at radius 1 is 1.00 bits per heavy atom. The van der Waals surface area contributed by atoms with E-state index in [1.54, 1.807) is 0 Å². The van der Waals surface area contributed by atoms with Gasteiger partial charge < -0.3 is 6.15 Å². The van der Waals surface area contributed by atoms with Crippen LogP contribution < -0.4 is 6.15 Å². The predicted molar refractivity (Wildman–Crippen MR) is 44.8 cm³/mol. The van der Waals surface area contributed by atoms with E-state index in [4.69, 9.17) is 0 Å². The second-order valence-electron chi connectivity index (χ2n) is 2.03. The molecule has 0 amide bonds. The van der Waals surface area contributed by atoms with Crippen LogP contribution in [-0.4, -0.2) is 9.85 Å². The Morgan fingerprint density at radius 3 is 1.69 bits per heavy atom. The molecule has 0 aromatic heterocycles. The van der Waals surface area contributed by atoms with Crippen molar-refractivity contribution in [2.45, 2.75) is 0 Å². The lowest BCUT2D eigenvalue weighted by Crippen LogP contribution is -1.91. The molecule has 0 unspecified atom stereocenters. The maximum Gasteiger partial charge on any atom is 0.276 e. The molecule has 0 radical (unpaired) electrons. The lowest BCUT2D eigenvalue weighted by molar-refractivity contribution is -0.394. The fourth-order valence-electron chi connectivity index (χ4n) is 0.720. The van der Waals surface area contributed by atoms with Gasteiger partial charge in [0.05, 0.1) is 15.9 Å². The molecule has 0 saturated heterocycles. The minimum Gasteiger partial charge on any atom is -0.344 e. The molecule has 0 aliphatic heterocycles. The molecule has 7 nitrogen and oxygen atoms in total. The summed E-state index contributed by atoms with van der Waals surface area (Å²) in [6.45, 7) is 0. The van der Waals surface area contributed by atoms with E-state index in [0.717, 1.165) is 6.07 Å². The molecule has 0 bridgehead atoms. The van der Waals surface area contributed by atoms with Crippen molar-refractivity contribution in [2.24, 2.45) is 0 Å². The van der Waals surface area contributed by atoms with Crippen molar-refractivity contribution >= 4 is 11.4 Å². The van der Waals surface area contributed by atoms with Crippen LogP contribution in [0.5, 0.6) is 0 Å². The summed E-state index contributed by atoms with van der Waals surface area (Å²) in [5.74, 6) is 0. The van der Waals surface area contributed by atoms with Crippen molar-refractivity contribution in [1.82, 2.24) is 6.15 Å². The van der Waals surface area contributed by atoms with Gasteiger partial charge in [-0.1, -0.05) is 0 Å². The second kappa shape index (κ2) is 4.12. The minimum absolute atomic E-state index is 0. The zero-order chi connectivity index (χ0) is 9.14. The van der Waals surface area contributed by atoms with Crippen molar-refractivity contribution in [1.29, 1.82) is 0 Å². The summed E-state index contributed by atoms with van der Waals surface area (Å²) in [6, 6.07) is 4.59. The first kappa shape index (κ1) is 11.0. The van der Waals surface area contributed by atoms with E-state index in [9.17, 15) is 20.2 Å². The summed E-state index contributed by atoms with van der Waals surface area (Å²) in [4.78, 5) is 19.0. The molecule has 0 atom stereocenters. The van der Waals surface area contributed by atoms with Crippen molar-refractivity contribution in [3.05, 3.63) is 44.5 Å². The smallest absolute Gasteiger partial charge is 0.276 e. The minimum atomic E-state index is -0.674. The standard InChI is InChI=1S/C6H4N2O4.H3N/c9-7(10)5-2-1-3-6(4-5)8(11)12;/h1-4H;1H3. The molecule has 70 valence electrons. The number of benzene rings is 1. The van der Waals surface area contributed by atoms with E-state index in [-0.39, 0.29) is 17.5 Å². The maximum atomic E-state index is 10.2. The highest BCUT2D eigenvalue weighted by molar-refractivity contribution is 5.42. The van der Waals surface area contributed by atoms with E-state index in [1.165, 1.54) is 18.2 Å². The van der Waals surface area contributed by atoms with Gasteiger partial charge in [0.15, 0.2) is 0 Å². The summed E-state index contributed by atoms with van der Waals surface area (Å²) < 4.78 is 0. The number of non-ortho nitro benzene ring substituents is 2. The van der Waals surface area contributed by atoms with E-state index >= 15 is 0 Å². The topological polar surface area (TPSA) is 121 Å². The molecule has 7 heteroatoms. The van der Waals surface area contributed by atoms with Crippen LogP contribution in [0.15, 0.2) is 24.3 Å². The SMILES string of the molecule is N.O=[N+]([O-])c1cccc([N+](=O)[O-])c1. The first-order chi connectivity index (χ1) is 5.61. The maximum absolute atomic E-state index is 10.2. The molecule has 0 saturated carbocycles. The van der Waals surface area contributed by atoms with Crippen LogP contribution in [0.1, 0.15) is 0 Å². The number of nitro groups is 2. The first-order valence-corrected chi connectivity index (χ1v) is 3.00. The van der Waals surface area contributed by atoms with Crippen LogP contribution in [0.4, 0.5) is 11.4 Å². The fraction of sp³-hybridized carbons (Fsp3) is 0. The second-order valence-corrected chi connectivity index (χ2v) is 2.03. The molecule has 1 aromatic carbocycles. The van der Waals surface area contributed by atoms with Crippen LogP contribution in [0.3, 0.4) is 0 Å². The summed E-state index contributed by atoms with van der Waals surface area (Å²) in [6.07, 6.45) is 0. The van der Waals surface area contributed by atoms with Gasteiger partial charge >= 0.3 is 0 Å². The Hall–Kier alpha value is -2.02. The largest absolute Gasteiger partial charge is 0.344 e. The van der Waals surface area contributed by atoms with Gasteiger partial charge in [0, 0.05) is 12.1 Å². The van der Waals surface area contributed by atoms with Crippen LogP contribution in [0.2, 0.25) is 0 Å². The van der Waals surface area contributed by atoms with Gasteiger partial charge in [-0.2, -0.15) is 0 Å². The molecule has 13 heavy (non-hydrogen) atoms. The summed E-state index contributed by atoms with van der Waals surface area (Å²) >= 11 is 0. The molecular formula is C6H7N3O4.